The molecule has 1 aromatic carbocycles. The number of carbonyl (C=O) groups is 1. The lowest BCUT2D eigenvalue weighted by Gasteiger charge is -2.32. The molecule has 1 saturated heterocycles. The van der Waals surface area contributed by atoms with E-state index in [4.69, 9.17) is 5.11 Å². The van der Waals surface area contributed by atoms with Crippen molar-refractivity contribution in [1.82, 2.24) is 4.90 Å². The summed E-state index contributed by atoms with van der Waals surface area (Å²) in [5, 5.41) is 8.74. The predicted molar refractivity (Wildman–Crippen MR) is 81.2 cm³/mol. The zero-order chi connectivity index (χ0) is 16.9. The molecule has 6 heteroatoms. The number of aryl methyl sites for hydroxylation is 1. The number of alkyl halides is 3. The van der Waals surface area contributed by atoms with Crippen LogP contribution in [0.15, 0.2) is 24.3 Å². The van der Waals surface area contributed by atoms with Crippen LogP contribution >= 0.6 is 0 Å². The molecule has 1 atom stereocenters. The molecule has 1 aliphatic rings. The lowest BCUT2D eigenvalue weighted by molar-refractivity contribution is -0.138. The maximum atomic E-state index is 13.0. The van der Waals surface area contributed by atoms with Crippen molar-refractivity contribution in [1.29, 1.82) is 0 Å². The minimum Gasteiger partial charge on any atom is -0.481 e. The Morgan fingerprint density at radius 3 is 2.74 bits per heavy atom. The Morgan fingerprint density at radius 2 is 2.04 bits per heavy atom. The summed E-state index contributed by atoms with van der Waals surface area (Å²) in [7, 11) is 0. The SMILES string of the molecule is O=C(O)CCN1CCC[C@H](CCc2ccccc2C(F)(F)F)C1. The lowest BCUT2D eigenvalue weighted by Crippen LogP contribution is -2.37. The van der Waals surface area contributed by atoms with Gasteiger partial charge in [0.15, 0.2) is 0 Å². The fourth-order valence-corrected chi connectivity index (χ4v) is 3.22. The fraction of sp³-hybridized carbons (Fsp3) is 0.588. The van der Waals surface area contributed by atoms with Gasteiger partial charge in [0.05, 0.1) is 12.0 Å². The van der Waals surface area contributed by atoms with Gasteiger partial charge in [-0.05, 0) is 49.8 Å². The molecule has 1 aromatic rings. The van der Waals surface area contributed by atoms with Crippen molar-refractivity contribution in [2.24, 2.45) is 5.92 Å². The summed E-state index contributed by atoms with van der Waals surface area (Å²) in [6, 6.07) is 5.74. The molecule has 0 radical (unpaired) electrons. The second-order valence-electron chi connectivity index (χ2n) is 6.15. The van der Waals surface area contributed by atoms with Gasteiger partial charge in [0.25, 0.3) is 0 Å². The van der Waals surface area contributed by atoms with E-state index in [1.54, 1.807) is 12.1 Å². The molecule has 0 saturated carbocycles. The van der Waals surface area contributed by atoms with E-state index >= 15 is 0 Å². The molecule has 0 spiro atoms. The molecule has 1 aliphatic heterocycles. The quantitative estimate of drug-likeness (QED) is 0.862. The van der Waals surface area contributed by atoms with E-state index in [1.165, 1.54) is 6.07 Å². The molecule has 23 heavy (non-hydrogen) atoms. The van der Waals surface area contributed by atoms with Gasteiger partial charge in [0.2, 0.25) is 0 Å². The third-order valence-electron chi connectivity index (χ3n) is 4.39. The normalized spacial score (nSPS) is 19.7. The minimum absolute atomic E-state index is 0.115. The molecule has 1 fully saturated rings. The molecule has 0 amide bonds. The summed E-state index contributed by atoms with van der Waals surface area (Å²) in [6.45, 7) is 2.18. The Balaban J connectivity index is 1.90. The van der Waals surface area contributed by atoms with Crippen molar-refractivity contribution in [2.45, 2.75) is 38.3 Å². The van der Waals surface area contributed by atoms with Crippen molar-refractivity contribution in [2.75, 3.05) is 19.6 Å². The summed E-state index contributed by atoms with van der Waals surface area (Å²) in [4.78, 5) is 12.7. The molecule has 0 aromatic heterocycles. The second-order valence-corrected chi connectivity index (χ2v) is 6.15. The van der Waals surface area contributed by atoms with E-state index in [1.807, 2.05) is 0 Å². The Bertz CT molecular complexity index is 531. The first-order chi connectivity index (χ1) is 10.9. The number of nitrogens with zero attached hydrogens (tertiary/aromatic N) is 1. The Hall–Kier alpha value is -1.56. The summed E-state index contributed by atoms with van der Waals surface area (Å²) in [6.07, 6.45) is -1.10. The first-order valence-corrected chi connectivity index (χ1v) is 7.95. The zero-order valence-corrected chi connectivity index (χ0v) is 13.0. The summed E-state index contributed by atoms with van der Waals surface area (Å²) in [5.41, 5.74) is -0.193. The van der Waals surface area contributed by atoms with Crippen LogP contribution in [0.2, 0.25) is 0 Å². The van der Waals surface area contributed by atoms with Gasteiger partial charge >= 0.3 is 12.1 Å². The average molecular weight is 329 g/mol. The van der Waals surface area contributed by atoms with Crippen molar-refractivity contribution in [3.8, 4) is 0 Å². The number of carboxylic acid groups (broad SMARTS) is 1. The number of rotatable bonds is 6. The number of hydrogen-bond donors (Lipinski definition) is 1. The van der Waals surface area contributed by atoms with E-state index in [-0.39, 0.29) is 6.42 Å². The lowest BCUT2D eigenvalue weighted by atomic mass is 9.90. The van der Waals surface area contributed by atoms with Gasteiger partial charge in [-0.1, -0.05) is 18.2 Å². The van der Waals surface area contributed by atoms with Crippen LogP contribution in [-0.4, -0.2) is 35.6 Å². The molecular weight excluding hydrogens is 307 g/mol. The van der Waals surface area contributed by atoms with Crippen LogP contribution in [-0.2, 0) is 17.4 Å². The second kappa shape index (κ2) is 7.81. The van der Waals surface area contributed by atoms with Crippen LogP contribution in [0, 0.1) is 5.92 Å². The Morgan fingerprint density at radius 1 is 1.30 bits per heavy atom. The van der Waals surface area contributed by atoms with Gasteiger partial charge < -0.3 is 10.0 Å². The maximum absolute atomic E-state index is 13.0. The number of aliphatic carboxylic acids is 1. The number of hydrogen-bond acceptors (Lipinski definition) is 2. The fourth-order valence-electron chi connectivity index (χ4n) is 3.22. The predicted octanol–water partition coefficient (Wildman–Crippen LogP) is 3.82. The van der Waals surface area contributed by atoms with Crippen LogP contribution in [0.25, 0.3) is 0 Å². The van der Waals surface area contributed by atoms with E-state index < -0.39 is 17.7 Å². The van der Waals surface area contributed by atoms with Crippen molar-refractivity contribution in [3.05, 3.63) is 35.4 Å². The van der Waals surface area contributed by atoms with Gasteiger partial charge in [-0.25, -0.2) is 0 Å². The number of carboxylic acids is 1. The Labute approximate surface area is 134 Å². The first kappa shape index (κ1) is 17.8. The van der Waals surface area contributed by atoms with Gasteiger partial charge in [0.1, 0.15) is 0 Å². The van der Waals surface area contributed by atoms with Crippen LogP contribution in [0.4, 0.5) is 13.2 Å². The van der Waals surface area contributed by atoms with E-state index in [0.29, 0.717) is 30.9 Å². The molecule has 3 nitrogen and oxygen atoms in total. The molecule has 1 heterocycles. The smallest absolute Gasteiger partial charge is 0.416 e. The number of likely N-dealkylation sites (tertiary alicyclic amines) is 1. The minimum atomic E-state index is -4.31. The highest BCUT2D eigenvalue weighted by molar-refractivity contribution is 5.66. The van der Waals surface area contributed by atoms with Crippen LogP contribution in [0.5, 0.6) is 0 Å². The van der Waals surface area contributed by atoms with E-state index in [2.05, 4.69) is 4.90 Å². The highest BCUT2D eigenvalue weighted by Crippen LogP contribution is 2.33. The van der Waals surface area contributed by atoms with Crippen molar-refractivity contribution < 1.29 is 23.1 Å². The molecule has 1 N–H and O–H groups in total. The first-order valence-electron chi connectivity index (χ1n) is 7.95. The third-order valence-corrected chi connectivity index (χ3v) is 4.39. The van der Waals surface area contributed by atoms with Crippen molar-refractivity contribution >= 4 is 5.97 Å². The maximum Gasteiger partial charge on any atom is 0.416 e. The molecular formula is C17H22F3NO2. The van der Waals surface area contributed by atoms with Crippen LogP contribution in [0.1, 0.15) is 36.8 Å². The van der Waals surface area contributed by atoms with Crippen molar-refractivity contribution in [3.63, 3.8) is 0 Å². The molecule has 128 valence electrons. The summed E-state index contributed by atoms with van der Waals surface area (Å²) < 4.78 is 39.0. The van der Waals surface area contributed by atoms with E-state index in [9.17, 15) is 18.0 Å². The largest absolute Gasteiger partial charge is 0.481 e. The topological polar surface area (TPSA) is 40.5 Å². The van der Waals surface area contributed by atoms with E-state index in [0.717, 1.165) is 32.0 Å². The summed E-state index contributed by atoms with van der Waals surface area (Å²) >= 11 is 0. The number of benzene rings is 1. The van der Waals surface area contributed by atoms with Gasteiger partial charge in [-0.15, -0.1) is 0 Å². The number of halogens is 3. The monoisotopic (exact) mass is 329 g/mol. The molecule has 0 aliphatic carbocycles. The highest BCUT2D eigenvalue weighted by atomic mass is 19.4. The average Bonchev–Trinajstić information content (AvgIpc) is 2.51. The summed E-state index contributed by atoms with van der Waals surface area (Å²) in [5.74, 6) is -0.481. The van der Waals surface area contributed by atoms with Gasteiger partial charge in [-0.2, -0.15) is 13.2 Å². The Kier molecular flexibility index (Phi) is 6.04. The molecule has 2 rings (SSSR count). The third kappa shape index (κ3) is 5.53. The molecule has 0 unspecified atom stereocenters. The van der Waals surface area contributed by atoms with Gasteiger partial charge in [-0.3, -0.25) is 4.79 Å². The standard InChI is InChI=1S/C17H22F3NO2/c18-17(19,20)15-6-2-1-5-14(15)8-7-13-4-3-10-21(12-13)11-9-16(22)23/h1-2,5-6,13H,3-4,7-12H2,(H,22,23)/t13-/m1/s1. The van der Waals surface area contributed by atoms with Crippen LogP contribution < -0.4 is 0 Å². The zero-order valence-electron chi connectivity index (χ0n) is 13.0. The highest BCUT2D eigenvalue weighted by Gasteiger charge is 2.33. The van der Waals surface area contributed by atoms with Gasteiger partial charge in [0, 0.05) is 13.1 Å². The van der Waals surface area contributed by atoms with Crippen LogP contribution in [0.3, 0.4) is 0 Å². The molecule has 0 bridgehead atoms. The number of piperidine rings is 1.